The molecule has 0 fully saturated rings. The van der Waals surface area contributed by atoms with Crippen LogP contribution >= 0.6 is 0 Å². The Morgan fingerprint density at radius 2 is 1.67 bits per heavy atom. The summed E-state index contributed by atoms with van der Waals surface area (Å²) in [7, 11) is -3.82. The molecule has 6 nitrogen and oxygen atoms in total. The molecule has 3 aromatic carbocycles. The molecular weight excluding hydrogens is 434 g/mol. The van der Waals surface area contributed by atoms with Crippen molar-refractivity contribution in [3.05, 3.63) is 95.7 Å². The van der Waals surface area contributed by atoms with Crippen molar-refractivity contribution in [3.63, 3.8) is 0 Å². The van der Waals surface area contributed by atoms with E-state index in [0.717, 1.165) is 24.1 Å². The number of aromatic nitrogens is 1. The quantitative estimate of drug-likeness (QED) is 0.367. The molecule has 0 aliphatic carbocycles. The van der Waals surface area contributed by atoms with E-state index >= 15 is 0 Å². The number of carbonyl (C=O) groups excluding carboxylic acids is 1. The molecule has 1 amide bonds. The van der Waals surface area contributed by atoms with Crippen LogP contribution in [0.4, 0.5) is 5.69 Å². The number of aryl methyl sites for hydroxylation is 3. The molecule has 0 radical (unpaired) electrons. The number of amides is 1. The third-order valence-electron chi connectivity index (χ3n) is 5.69. The van der Waals surface area contributed by atoms with E-state index in [9.17, 15) is 13.2 Å². The van der Waals surface area contributed by atoms with Crippen molar-refractivity contribution < 1.29 is 13.2 Å². The molecule has 0 unspecified atom stereocenters. The molecule has 4 aromatic rings. The molecule has 33 heavy (non-hydrogen) atoms. The SMILES string of the molecule is Cc1ccccc1NS(=O)(=O)c1ccc(C)c(C(=O)NCCCn2ccc3ccccc32)c1. The van der Waals surface area contributed by atoms with Gasteiger partial charge in [0.05, 0.1) is 10.6 Å². The Bertz CT molecular complexity index is 1410. The van der Waals surface area contributed by atoms with E-state index in [-0.39, 0.29) is 10.8 Å². The van der Waals surface area contributed by atoms with Gasteiger partial charge in [0.1, 0.15) is 0 Å². The fourth-order valence-corrected chi connectivity index (χ4v) is 4.94. The third kappa shape index (κ3) is 5.09. The van der Waals surface area contributed by atoms with Gasteiger partial charge in [-0.2, -0.15) is 0 Å². The first-order chi connectivity index (χ1) is 15.8. The number of hydrogen-bond acceptors (Lipinski definition) is 3. The van der Waals surface area contributed by atoms with Gasteiger partial charge in [0.25, 0.3) is 15.9 Å². The summed E-state index contributed by atoms with van der Waals surface area (Å²) in [6.45, 7) is 4.90. The van der Waals surface area contributed by atoms with Crippen LogP contribution in [0, 0.1) is 13.8 Å². The van der Waals surface area contributed by atoms with Gasteiger partial charge in [-0.3, -0.25) is 9.52 Å². The van der Waals surface area contributed by atoms with Gasteiger partial charge in [0.15, 0.2) is 0 Å². The predicted octanol–water partition coefficient (Wildman–Crippen LogP) is 4.88. The van der Waals surface area contributed by atoms with Crippen LogP contribution in [0.2, 0.25) is 0 Å². The maximum Gasteiger partial charge on any atom is 0.261 e. The lowest BCUT2D eigenvalue weighted by Crippen LogP contribution is -2.26. The van der Waals surface area contributed by atoms with E-state index in [2.05, 4.69) is 32.8 Å². The van der Waals surface area contributed by atoms with Crippen LogP contribution in [-0.2, 0) is 16.6 Å². The summed E-state index contributed by atoms with van der Waals surface area (Å²) in [6.07, 6.45) is 2.81. The summed E-state index contributed by atoms with van der Waals surface area (Å²) >= 11 is 0. The summed E-state index contributed by atoms with van der Waals surface area (Å²) in [6, 6.07) is 22.0. The van der Waals surface area contributed by atoms with Gasteiger partial charge in [-0.1, -0.05) is 42.5 Å². The lowest BCUT2D eigenvalue weighted by atomic mass is 10.1. The van der Waals surface area contributed by atoms with Crippen molar-refractivity contribution >= 4 is 32.5 Å². The highest BCUT2D eigenvalue weighted by Gasteiger charge is 2.19. The van der Waals surface area contributed by atoms with Gasteiger partial charge in [-0.15, -0.1) is 0 Å². The average molecular weight is 462 g/mol. The second-order valence-electron chi connectivity index (χ2n) is 8.07. The zero-order valence-electron chi connectivity index (χ0n) is 18.7. The molecule has 0 bridgehead atoms. The van der Waals surface area contributed by atoms with Crippen LogP contribution in [0.15, 0.2) is 83.9 Å². The van der Waals surface area contributed by atoms with Crippen LogP contribution in [0.3, 0.4) is 0 Å². The van der Waals surface area contributed by atoms with Crippen molar-refractivity contribution in [1.29, 1.82) is 0 Å². The number of carbonyl (C=O) groups is 1. The van der Waals surface area contributed by atoms with Gasteiger partial charge >= 0.3 is 0 Å². The molecule has 0 saturated heterocycles. The molecule has 170 valence electrons. The Kier molecular flexibility index (Phi) is 6.51. The van der Waals surface area contributed by atoms with E-state index in [1.165, 1.54) is 23.0 Å². The maximum absolute atomic E-state index is 12.9. The minimum absolute atomic E-state index is 0.0558. The smallest absolute Gasteiger partial charge is 0.261 e. The van der Waals surface area contributed by atoms with E-state index in [1.807, 2.05) is 37.4 Å². The topological polar surface area (TPSA) is 80.2 Å². The van der Waals surface area contributed by atoms with Crippen molar-refractivity contribution in [1.82, 2.24) is 9.88 Å². The normalized spacial score (nSPS) is 11.5. The number of hydrogen-bond donors (Lipinski definition) is 2. The highest BCUT2D eigenvalue weighted by atomic mass is 32.2. The summed E-state index contributed by atoms with van der Waals surface area (Å²) < 4.78 is 30.6. The maximum atomic E-state index is 12.9. The van der Waals surface area contributed by atoms with Crippen LogP contribution < -0.4 is 10.0 Å². The second-order valence-corrected chi connectivity index (χ2v) is 9.76. The molecule has 1 aromatic heterocycles. The molecule has 0 saturated carbocycles. The molecular formula is C26H27N3O3S. The highest BCUT2D eigenvalue weighted by Crippen LogP contribution is 2.21. The zero-order valence-corrected chi connectivity index (χ0v) is 19.5. The van der Waals surface area contributed by atoms with E-state index in [4.69, 9.17) is 0 Å². The van der Waals surface area contributed by atoms with Crippen LogP contribution in [0.1, 0.15) is 27.9 Å². The van der Waals surface area contributed by atoms with Gasteiger partial charge in [-0.05, 0) is 67.1 Å². The number of fused-ring (bicyclic) bond motifs is 1. The molecule has 0 atom stereocenters. The number of para-hydroxylation sites is 2. The van der Waals surface area contributed by atoms with Crippen molar-refractivity contribution in [2.24, 2.45) is 0 Å². The Hall–Kier alpha value is -3.58. The Balaban J connectivity index is 1.41. The molecule has 0 aliphatic rings. The van der Waals surface area contributed by atoms with Gasteiger partial charge in [-0.25, -0.2) is 8.42 Å². The first kappa shape index (κ1) is 22.6. The number of benzene rings is 3. The summed E-state index contributed by atoms with van der Waals surface area (Å²) in [5.74, 6) is -0.280. The minimum atomic E-state index is -3.82. The highest BCUT2D eigenvalue weighted by molar-refractivity contribution is 7.92. The number of nitrogens with one attached hydrogen (secondary N) is 2. The Morgan fingerprint density at radius 3 is 2.48 bits per heavy atom. The molecule has 7 heteroatoms. The first-order valence-corrected chi connectivity index (χ1v) is 12.3. The monoisotopic (exact) mass is 461 g/mol. The minimum Gasteiger partial charge on any atom is -0.352 e. The van der Waals surface area contributed by atoms with Gasteiger partial charge in [0.2, 0.25) is 0 Å². The van der Waals surface area contributed by atoms with Crippen molar-refractivity contribution in [2.45, 2.75) is 31.7 Å². The summed E-state index contributed by atoms with van der Waals surface area (Å²) in [4.78, 5) is 12.9. The third-order valence-corrected chi connectivity index (χ3v) is 7.06. The van der Waals surface area contributed by atoms with Crippen LogP contribution in [-0.4, -0.2) is 25.4 Å². The van der Waals surface area contributed by atoms with Crippen molar-refractivity contribution in [2.75, 3.05) is 11.3 Å². The lowest BCUT2D eigenvalue weighted by molar-refractivity contribution is 0.0952. The van der Waals surface area contributed by atoms with Gasteiger partial charge < -0.3 is 9.88 Å². The number of anilines is 1. The molecule has 0 spiro atoms. The molecule has 1 heterocycles. The largest absolute Gasteiger partial charge is 0.352 e. The summed E-state index contributed by atoms with van der Waals surface area (Å²) in [5.41, 5.74) is 3.58. The van der Waals surface area contributed by atoms with E-state index in [1.54, 1.807) is 25.1 Å². The Morgan fingerprint density at radius 1 is 0.909 bits per heavy atom. The molecule has 2 N–H and O–H groups in total. The lowest BCUT2D eigenvalue weighted by Gasteiger charge is -2.13. The number of sulfonamides is 1. The standard InChI is InChI=1S/C26H27N3O3S/c1-19-12-13-22(33(31,32)28-24-10-5-3-8-20(24)2)18-23(19)26(30)27-15-7-16-29-17-14-21-9-4-6-11-25(21)29/h3-6,8-14,17-18,28H,7,15-16H2,1-2H3,(H,27,30). The molecule has 4 rings (SSSR count). The number of nitrogens with zero attached hydrogens (tertiary/aromatic N) is 1. The van der Waals surface area contributed by atoms with E-state index in [0.29, 0.717) is 17.8 Å². The van der Waals surface area contributed by atoms with Crippen molar-refractivity contribution in [3.8, 4) is 0 Å². The predicted molar refractivity (Wildman–Crippen MR) is 132 cm³/mol. The molecule has 0 aliphatic heterocycles. The zero-order chi connectivity index (χ0) is 23.4. The second kappa shape index (κ2) is 9.50. The van der Waals surface area contributed by atoms with E-state index < -0.39 is 10.0 Å². The Labute approximate surface area is 194 Å². The van der Waals surface area contributed by atoms with Gasteiger partial charge in [0, 0.05) is 30.4 Å². The van der Waals surface area contributed by atoms with Crippen LogP contribution in [0.25, 0.3) is 10.9 Å². The fraction of sp³-hybridized carbons (Fsp3) is 0.192. The number of rotatable bonds is 8. The van der Waals surface area contributed by atoms with Crippen LogP contribution in [0.5, 0.6) is 0 Å². The first-order valence-electron chi connectivity index (χ1n) is 10.9. The fourth-order valence-electron chi connectivity index (χ4n) is 3.79. The summed E-state index contributed by atoms with van der Waals surface area (Å²) in [5, 5.41) is 4.11. The average Bonchev–Trinajstić information content (AvgIpc) is 3.21.